The number of hydrogen-bond donors (Lipinski definition) is 0. The summed E-state index contributed by atoms with van der Waals surface area (Å²) in [5.74, 6) is -0.805. The molecule has 0 saturated heterocycles. The highest BCUT2D eigenvalue weighted by Gasteiger charge is 2.24. The molecule has 19 heavy (non-hydrogen) atoms. The Morgan fingerprint density at radius 1 is 1.16 bits per heavy atom. The minimum Gasteiger partial charge on any atom is -0.292 e. The lowest BCUT2D eigenvalue weighted by Gasteiger charge is -2.04. The van der Waals surface area contributed by atoms with E-state index >= 15 is 0 Å². The summed E-state index contributed by atoms with van der Waals surface area (Å²) in [5.41, 5.74) is 0.653. The van der Waals surface area contributed by atoms with Crippen LogP contribution in [0.3, 0.4) is 0 Å². The molecule has 0 aliphatic carbocycles. The van der Waals surface area contributed by atoms with Crippen LogP contribution in [0, 0.1) is 11.3 Å². The second kappa shape index (κ2) is 4.96. The van der Waals surface area contributed by atoms with E-state index < -0.39 is 5.92 Å². The Morgan fingerprint density at radius 2 is 2.00 bits per heavy atom. The van der Waals surface area contributed by atoms with E-state index in [0.717, 1.165) is 15.0 Å². The zero-order valence-corrected chi connectivity index (χ0v) is 11.5. The van der Waals surface area contributed by atoms with Gasteiger partial charge < -0.3 is 0 Å². The van der Waals surface area contributed by atoms with Gasteiger partial charge in [-0.25, -0.2) is 0 Å². The Kier molecular flexibility index (Phi) is 3.16. The molecule has 0 spiro atoms. The summed E-state index contributed by atoms with van der Waals surface area (Å²) >= 11 is 2.99. The molecule has 0 N–H and O–H groups in total. The van der Waals surface area contributed by atoms with Crippen LogP contribution in [-0.4, -0.2) is 5.78 Å². The van der Waals surface area contributed by atoms with Crippen molar-refractivity contribution >= 4 is 38.5 Å². The Hall–Kier alpha value is -1.96. The molecule has 0 aliphatic heterocycles. The summed E-state index contributed by atoms with van der Waals surface area (Å²) in [6, 6.07) is 13.6. The zero-order chi connectivity index (χ0) is 13.2. The van der Waals surface area contributed by atoms with Crippen molar-refractivity contribution in [3.8, 4) is 6.07 Å². The fraction of sp³-hybridized carbons (Fsp3) is 0.0667. The molecule has 2 heterocycles. The van der Waals surface area contributed by atoms with Crippen LogP contribution in [0.15, 0.2) is 47.2 Å². The van der Waals surface area contributed by atoms with E-state index in [1.807, 2.05) is 47.2 Å². The van der Waals surface area contributed by atoms with E-state index in [0.29, 0.717) is 5.56 Å². The monoisotopic (exact) mass is 283 g/mol. The maximum absolute atomic E-state index is 12.5. The van der Waals surface area contributed by atoms with E-state index in [4.69, 9.17) is 0 Å². The molecule has 0 fully saturated rings. The standard InChI is InChI=1S/C15H9NOS2/c16-8-11(14-6-3-7-18-14)15(17)12-9-19-13-5-2-1-4-10(12)13/h1-7,9,11H. The number of rotatable bonds is 3. The number of thiophene rings is 2. The van der Waals surface area contributed by atoms with Crippen LogP contribution in [0.4, 0.5) is 0 Å². The molecule has 0 bridgehead atoms. The van der Waals surface area contributed by atoms with E-state index in [-0.39, 0.29) is 5.78 Å². The SMILES string of the molecule is N#CC(C(=O)c1csc2ccccc12)c1cccs1. The minimum atomic E-state index is -0.696. The molecule has 1 atom stereocenters. The van der Waals surface area contributed by atoms with Gasteiger partial charge in [-0.05, 0) is 17.5 Å². The lowest BCUT2D eigenvalue weighted by Crippen LogP contribution is -2.09. The van der Waals surface area contributed by atoms with Crippen molar-refractivity contribution in [2.24, 2.45) is 0 Å². The summed E-state index contributed by atoms with van der Waals surface area (Å²) in [7, 11) is 0. The van der Waals surface area contributed by atoms with Gasteiger partial charge in [0, 0.05) is 25.9 Å². The number of ketones is 1. The van der Waals surface area contributed by atoms with Gasteiger partial charge in [-0.3, -0.25) is 4.79 Å². The van der Waals surface area contributed by atoms with E-state index in [1.54, 1.807) is 11.3 Å². The third-order valence-electron chi connectivity index (χ3n) is 2.97. The fourth-order valence-corrected chi connectivity index (χ4v) is 3.75. The highest BCUT2D eigenvalue weighted by Crippen LogP contribution is 2.31. The molecule has 3 rings (SSSR count). The van der Waals surface area contributed by atoms with Gasteiger partial charge in [0.1, 0.15) is 5.92 Å². The van der Waals surface area contributed by atoms with Crippen LogP contribution in [0.5, 0.6) is 0 Å². The molecule has 2 nitrogen and oxygen atoms in total. The molecular weight excluding hydrogens is 274 g/mol. The van der Waals surface area contributed by atoms with Gasteiger partial charge in [-0.15, -0.1) is 22.7 Å². The fourth-order valence-electron chi connectivity index (χ4n) is 2.03. The molecule has 1 aromatic carbocycles. The summed E-state index contributed by atoms with van der Waals surface area (Å²) in [4.78, 5) is 13.3. The summed E-state index contributed by atoms with van der Waals surface area (Å²) in [6.45, 7) is 0. The first kappa shape index (κ1) is 12.1. The number of fused-ring (bicyclic) bond motifs is 1. The number of carbonyl (C=O) groups is 1. The Bertz CT molecular complexity index is 765. The molecule has 0 amide bonds. The zero-order valence-electron chi connectivity index (χ0n) is 9.87. The van der Waals surface area contributed by atoms with Gasteiger partial charge in [0.2, 0.25) is 0 Å². The quantitative estimate of drug-likeness (QED) is 0.666. The van der Waals surface area contributed by atoms with Crippen LogP contribution < -0.4 is 0 Å². The van der Waals surface area contributed by atoms with Crippen LogP contribution >= 0.6 is 22.7 Å². The molecule has 0 radical (unpaired) electrons. The lowest BCUT2D eigenvalue weighted by atomic mass is 9.97. The van der Waals surface area contributed by atoms with Gasteiger partial charge in [0.05, 0.1) is 6.07 Å². The Labute approximate surface area is 118 Å². The first-order valence-corrected chi connectivity index (χ1v) is 7.50. The second-order valence-electron chi connectivity index (χ2n) is 4.09. The number of Topliss-reactive ketones (excluding diaryl/α,β-unsaturated/α-hetero) is 1. The van der Waals surface area contributed by atoms with Crippen LogP contribution in [0.2, 0.25) is 0 Å². The number of nitriles is 1. The third-order valence-corrected chi connectivity index (χ3v) is 4.87. The highest BCUT2D eigenvalue weighted by atomic mass is 32.1. The molecule has 2 aromatic heterocycles. The van der Waals surface area contributed by atoms with Crippen LogP contribution in [0.1, 0.15) is 21.2 Å². The molecule has 1 unspecified atom stereocenters. The minimum absolute atomic E-state index is 0.109. The van der Waals surface area contributed by atoms with Crippen molar-refractivity contribution in [3.63, 3.8) is 0 Å². The molecule has 0 aliphatic rings. The van der Waals surface area contributed by atoms with Crippen molar-refractivity contribution in [1.82, 2.24) is 0 Å². The van der Waals surface area contributed by atoms with Crippen LogP contribution in [-0.2, 0) is 0 Å². The number of benzene rings is 1. The molecule has 3 aromatic rings. The molecule has 92 valence electrons. The average molecular weight is 283 g/mol. The van der Waals surface area contributed by atoms with E-state index in [1.165, 1.54) is 11.3 Å². The smallest absolute Gasteiger partial charge is 0.186 e. The van der Waals surface area contributed by atoms with Gasteiger partial charge >= 0.3 is 0 Å². The van der Waals surface area contributed by atoms with Crippen molar-refractivity contribution in [2.45, 2.75) is 5.92 Å². The van der Waals surface area contributed by atoms with Gasteiger partial charge in [0.25, 0.3) is 0 Å². The van der Waals surface area contributed by atoms with Gasteiger partial charge in [0.15, 0.2) is 5.78 Å². The van der Waals surface area contributed by atoms with Crippen molar-refractivity contribution < 1.29 is 4.79 Å². The van der Waals surface area contributed by atoms with Gasteiger partial charge in [-0.2, -0.15) is 5.26 Å². The second-order valence-corrected chi connectivity index (χ2v) is 5.98. The normalized spacial score (nSPS) is 12.2. The predicted octanol–water partition coefficient (Wildman–Crippen LogP) is 4.45. The van der Waals surface area contributed by atoms with Crippen molar-refractivity contribution in [3.05, 3.63) is 57.6 Å². The van der Waals surface area contributed by atoms with E-state index in [9.17, 15) is 10.1 Å². The number of carbonyl (C=O) groups excluding carboxylic acids is 1. The number of nitrogens with zero attached hydrogens (tertiary/aromatic N) is 1. The summed E-state index contributed by atoms with van der Waals surface area (Å²) in [5, 5.41) is 14.0. The van der Waals surface area contributed by atoms with Crippen LogP contribution in [0.25, 0.3) is 10.1 Å². The predicted molar refractivity (Wildman–Crippen MR) is 78.8 cm³/mol. The highest BCUT2D eigenvalue weighted by molar-refractivity contribution is 7.17. The van der Waals surface area contributed by atoms with E-state index in [2.05, 4.69) is 6.07 Å². The topological polar surface area (TPSA) is 40.9 Å². The Morgan fingerprint density at radius 3 is 2.74 bits per heavy atom. The maximum atomic E-state index is 12.5. The maximum Gasteiger partial charge on any atom is 0.186 e. The molecular formula is C15H9NOS2. The average Bonchev–Trinajstić information content (AvgIpc) is 3.08. The van der Waals surface area contributed by atoms with Gasteiger partial charge in [-0.1, -0.05) is 24.3 Å². The lowest BCUT2D eigenvalue weighted by molar-refractivity contribution is 0.0982. The summed E-state index contributed by atoms with van der Waals surface area (Å²) < 4.78 is 1.08. The third kappa shape index (κ3) is 2.07. The first-order chi connectivity index (χ1) is 9.31. The summed E-state index contributed by atoms with van der Waals surface area (Å²) in [6.07, 6.45) is 0. The number of hydrogen-bond acceptors (Lipinski definition) is 4. The van der Waals surface area contributed by atoms with Crippen molar-refractivity contribution in [1.29, 1.82) is 5.26 Å². The van der Waals surface area contributed by atoms with Crippen molar-refractivity contribution in [2.75, 3.05) is 0 Å². The molecule has 4 heteroatoms. The largest absolute Gasteiger partial charge is 0.292 e. The Balaban J connectivity index is 2.07. The molecule has 0 saturated carbocycles. The first-order valence-electron chi connectivity index (χ1n) is 5.74.